The summed E-state index contributed by atoms with van der Waals surface area (Å²) in [5.74, 6) is 0.242. The van der Waals surface area contributed by atoms with Gasteiger partial charge in [-0.2, -0.15) is 0 Å². The molecule has 2 rings (SSSR count). The number of hydrogen-bond acceptors (Lipinski definition) is 5. The fourth-order valence-corrected chi connectivity index (χ4v) is 1.31. The predicted molar refractivity (Wildman–Crippen MR) is 53.8 cm³/mol. The predicted octanol–water partition coefficient (Wildman–Crippen LogP) is 2.24. The van der Waals surface area contributed by atoms with Gasteiger partial charge in [0, 0.05) is 0 Å². The summed E-state index contributed by atoms with van der Waals surface area (Å²) in [6, 6.07) is 1.55. The van der Waals surface area contributed by atoms with Crippen molar-refractivity contribution in [3.05, 3.63) is 41.2 Å². The third kappa shape index (κ3) is 1.98. The number of aromatic nitrogens is 1. The Morgan fingerprint density at radius 1 is 1.50 bits per heavy atom. The Labute approximate surface area is 92.0 Å². The van der Waals surface area contributed by atoms with Gasteiger partial charge in [-0.25, -0.2) is 4.79 Å². The van der Waals surface area contributed by atoms with Gasteiger partial charge < -0.3 is 13.7 Å². The van der Waals surface area contributed by atoms with E-state index < -0.39 is 5.97 Å². The standard InChI is InChI=1S/C11H11NO4/c1-7-10(8(2)16-12-7)6-15-11(13)9-3-4-14-5-9/h3-5H,6H2,1-2H3. The van der Waals surface area contributed by atoms with Gasteiger partial charge in [0.25, 0.3) is 0 Å². The SMILES string of the molecule is Cc1noc(C)c1COC(=O)c1ccoc1. The number of rotatable bonds is 3. The number of hydrogen-bond donors (Lipinski definition) is 0. The van der Waals surface area contributed by atoms with Gasteiger partial charge in [-0.3, -0.25) is 0 Å². The van der Waals surface area contributed by atoms with Crippen molar-refractivity contribution >= 4 is 5.97 Å². The second kappa shape index (κ2) is 4.22. The Hall–Kier alpha value is -2.04. The van der Waals surface area contributed by atoms with Gasteiger partial charge in [-0.1, -0.05) is 5.16 Å². The average Bonchev–Trinajstić information content (AvgIpc) is 2.87. The molecule has 5 nitrogen and oxygen atoms in total. The fraction of sp³-hybridized carbons (Fsp3) is 0.273. The first-order chi connectivity index (χ1) is 7.68. The Bertz CT molecular complexity index is 465. The van der Waals surface area contributed by atoms with E-state index in [1.54, 1.807) is 19.9 Å². The van der Waals surface area contributed by atoms with Crippen molar-refractivity contribution in [1.29, 1.82) is 0 Å². The first-order valence-corrected chi connectivity index (χ1v) is 4.79. The maximum atomic E-state index is 11.5. The maximum absolute atomic E-state index is 11.5. The topological polar surface area (TPSA) is 65.5 Å². The van der Waals surface area contributed by atoms with Gasteiger partial charge in [0.05, 0.1) is 23.1 Å². The molecule has 0 spiro atoms. The van der Waals surface area contributed by atoms with E-state index in [0.29, 0.717) is 11.3 Å². The molecule has 0 unspecified atom stereocenters. The van der Waals surface area contributed by atoms with Gasteiger partial charge in [-0.15, -0.1) is 0 Å². The van der Waals surface area contributed by atoms with E-state index in [2.05, 4.69) is 5.16 Å². The van der Waals surface area contributed by atoms with Gasteiger partial charge in [0.2, 0.25) is 0 Å². The summed E-state index contributed by atoms with van der Waals surface area (Å²) in [7, 11) is 0. The van der Waals surface area contributed by atoms with Crippen molar-refractivity contribution < 1.29 is 18.5 Å². The minimum absolute atomic E-state index is 0.158. The zero-order valence-electron chi connectivity index (χ0n) is 9.02. The number of ether oxygens (including phenoxy) is 1. The Balaban J connectivity index is 2.01. The van der Waals surface area contributed by atoms with E-state index in [9.17, 15) is 4.79 Å². The Morgan fingerprint density at radius 2 is 2.31 bits per heavy atom. The van der Waals surface area contributed by atoms with Crippen LogP contribution in [0.25, 0.3) is 0 Å². The third-order valence-corrected chi connectivity index (χ3v) is 2.29. The van der Waals surface area contributed by atoms with Crippen molar-refractivity contribution in [2.75, 3.05) is 0 Å². The zero-order valence-corrected chi connectivity index (χ0v) is 9.02. The van der Waals surface area contributed by atoms with Crippen LogP contribution in [0, 0.1) is 13.8 Å². The van der Waals surface area contributed by atoms with Crippen LogP contribution < -0.4 is 0 Å². The van der Waals surface area contributed by atoms with E-state index >= 15 is 0 Å². The molecule has 0 N–H and O–H groups in total. The summed E-state index contributed by atoms with van der Waals surface area (Å²) in [6.07, 6.45) is 2.77. The van der Waals surface area contributed by atoms with Crippen LogP contribution >= 0.6 is 0 Å². The van der Waals surface area contributed by atoms with E-state index in [-0.39, 0.29) is 6.61 Å². The second-order valence-corrected chi connectivity index (χ2v) is 3.39. The number of aryl methyl sites for hydroxylation is 2. The molecule has 0 amide bonds. The van der Waals surface area contributed by atoms with E-state index in [4.69, 9.17) is 13.7 Å². The molecular weight excluding hydrogens is 210 g/mol. The summed E-state index contributed by atoms with van der Waals surface area (Å²) in [4.78, 5) is 11.5. The molecule has 0 aliphatic heterocycles. The van der Waals surface area contributed by atoms with Crippen LogP contribution in [-0.4, -0.2) is 11.1 Å². The molecule has 0 saturated carbocycles. The lowest BCUT2D eigenvalue weighted by atomic mass is 10.2. The van der Waals surface area contributed by atoms with Crippen LogP contribution in [0.4, 0.5) is 0 Å². The summed E-state index contributed by atoms with van der Waals surface area (Å²) < 4.78 is 14.8. The second-order valence-electron chi connectivity index (χ2n) is 3.39. The Morgan fingerprint density at radius 3 is 2.88 bits per heavy atom. The molecule has 84 valence electrons. The lowest BCUT2D eigenvalue weighted by Crippen LogP contribution is -2.04. The van der Waals surface area contributed by atoms with E-state index in [1.165, 1.54) is 12.5 Å². The highest BCUT2D eigenvalue weighted by atomic mass is 16.5. The summed E-state index contributed by atoms with van der Waals surface area (Å²) in [5, 5.41) is 3.77. The third-order valence-electron chi connectivity index (χ3n) is 2.29. The number of nitrogens with zero attached hydrogens (tertiary/aromatic N) is 1. The number of carbonyl (C=O) groups is 1. The molecule has 0 aliphatic rings. The van der Waals surface area contributed by atoms with E-state index in [1.807, 2.05) is 0 Å². The van der Waals surface area contributed by atoms with Crippen LogP contribution in [0.15, 0.2) is 27.5 Å². The smallest absolute Gasteiger partial charge is 0.341 e. The molecule has 0 radical (unpaired) electrons. The number of esters is 1. The van der Waals surface area contributed by atoms with Crippen molar-refractivity contribution in [2.24, 2.45) is 0 Å². The molecule has 2 aromatic heterocycles. The average molecular weight is 221 g/mol. The lowest BCUT2D eigenvalue weighted by molar-refractivity contribution is 0.0470. The molecule has 0 atom stereocenters. The highest BCUT2D eigenvalue weighted by Gasteiger charge is 2.13. The van der Waals surface area contributed by atoms with E-state index in [0.717, 1.165) is 11.3 Å². The molecule has 0 bridgehead atoms. The van der Waals surface area contributed by atoms with Crippen LogP contribution in [-0.2, 0) is 11.3 Å². The highest BCUT2D eigenvalue weighted by Crippen LogP contribution is 2.14. The summed E-state index contributed by atoms with van der Waals surface area (Å²) in [5.41, 5.74) is 1.93. The largest absolute Gasteiger partial charge is 0.472 e. The minimum atomic E-state index is -0.422. The first-order valence-electron chi connectivity index (χ1n) is 4.79. The van der Waals surface area contributed by atoms with Crippen molar-refractivity contribution in [2.45, 2.75) is 20.5 Å². The van der Waals surface area contributed by atoms with Crippen LogP contribution in [0.3, 0.4) is 0 Å². The monoisotopic (exact) mass is 221 g/mol. The molecule has 16 heavy (non-hydrogen) atoms. The molecule has 0 fully saturated rings. The van der Waals surface area contributed by atoms with Crippen LogP contribution in [0.1, 0.15) is 27.4 Å². The quantitative estimate of drug-likeness (QED) is 0.743. The van der Waals surface area contributed by atoms with Crippen molar-refractivity contribution in [3.8, 4) is 0 Å². The normalized spacial score (nSPS) is 10.4. The van der Waals surface area contributed by atoms with Gasteiger partial charge in [-0.05, 0) is 19.9 Å². The minimum Gasteiger partial charge on any atom is -0.472 e. The van der Waals surface area contributed by atoms with Crippen molar-refractivity contribution in [3.63, 3.8) is 0 Å². The molecule has 0 aliphatic carbocycles. The van der Waals surface area contributed by atoms with Crippen LogP contribution in [0.2, 0.25) is 0 Å². The fourth-order valence-electron chi connectivity index (χ4n) is 1.31. The molecule has 0 saturated heterocycles. The molecule has 5 heteroatoms. The number of carbonyl (C=O) groups excluding carboxylic acids is 1. The molecular formula is C11H11NO4. The maximum Gasteiger partial charge on any atom is 0.341 e. The molecule has 0 aromatic carbocycles. The summed E-state index contributed by atoms with van der Waals surface area (Å²) >= 11 is 0. The highest BCUT2D eigenvalue weighted by molar-refractivity contribution is 5.88. The number of furan rings is 1. The van der Waals surface area contributed by atoms with Gasteiger partial charge in [0.1, 0.15) is 18.6 Å². The van der Waals surface area contributed by atoms with Gasteiger partial charge in [0.15, 0.2) is 0 Å². The Kier molecular flexibility index (Phi) is 2.76. The van der Waals surface area contributed by atoms with Crippen LogP contribution in [0.5, 0.6) is 0 Å². The molecule has 2 heterocycles. The lowest BCUT2D eigenvalue weighted by Gasteiger charge is -2.01. The first kappa shape index (κ1) is 10.5. The summed E-state index contributed by atoms with van der Waals surface area (Å²) in [6.45, 7) is 3.74. The molecule has 2 aromatic rings. The zero-order chi connectivity index (χ0) is 11.5. The van der Waals surface area contributed by atoms with Gasteiger partial charge >= 0.3 is 5.97 Å². The van der Waals surface area contributed by atoms with Crippen molar-refractivity contribution in [1.82, 2.24) is 5.16 Å².